The Bertz CT molecular complexity index is 2010. The molecule has 7 rings (SSSR count). The van der Waals surface area contributed by atoms with Crippen molar-refractivity contribution in [1.82, 2.24) is 0 Å². The SMILES string of the molecule is Brc1ccc(OP2(Oc3cc[c-]cc3)=NP(Oc3cc[c-]cc3)(Oc3ccc(Br)cc3)=NP(Oc3cc[c-]cc3)(Oc3ccc(Br)cc3)=N2)cc1.[Li+].[Li+].[Li+]. The fourth-order valence-corrected chi connectivity index (χ4v) is 14.2. The molecule has 9 nitrogen and oxygen atoms in total. The van der Waals surface area contributed by atoms with Crippen LogP contribution in [0.15, 0.2) is 173 Å². The van der Waals surface area contributed by atoms with Gasteiger partial charge in [0.15, 0.2) is 0 Å². The van der Waals surface area contributed by atoms with Gasteiger partial charge in [-0.1, -0.05) is 61.3 Å². The van der Waals surface area contributed by atoms with Gasteiger partial charge in [0.05, 0.1) is 0 Å². The Hall–Kier alpha value is -1.96. The predicted octanol–water partition coefficient (Wildman–Crippen LogP) is 5.01. The molecule has 0 bridgehead atoms. The van der Waals surface area contributed by atoms with E-state index in [2.05, 4.69) is 66.0 Å². The van der Waals surface area contributed by atoms with Crippen LogP contribution >= 0.6 is 70.8 Å². The van der Waals surface area contributed by atoms with Gasteiger partial charge in [-0.2, -0.15) is 54.6 Å². The second-order valence-corrected chi connectivity index (χ2v) is 19.3. The number of halogens is 3. The molecule has 1 aliphatic rings. The van der Waals surface area contributed by atoms with Crippen molar-refractivity contribution >= 4 is 70.8 Å². The van der Waals surface area contributed by atoms with Gasteiger partial charge in [0.1, 0.15) is 17.2 Å². The molecule has 0 unspecified atom stereocenters. The summed E-state index contributed by atoms with van der Waals surface area (Å²) in [6.07, 6.45) is 0. The van der Waals surface area contributed by atoms with E-state index in [1.807, 2.05) is 36.4 Å². The molecule has 0 amide bonds. The molecule has 1 aliphatic heterocycles. The summed E-state index contributed by atoms with van der Waals surface area (Å²) >= 11 is 10.5. The van der Waals surface area contributed by atoms with E-state index >= 15 is 0 Å². The first-order chi connectivity index (χ1) is 24.8. The summed E-state index contributed by atoms with van der Waals surface area (Å²) < 4.78 is 58.6. The first-order valence-corrected chi connectivity index (χ1v) is 22.0. The van der Waals surface area contributed by atoms with Crippen molar-refractivity contribution in [2.45, 2.75) is 0 Å². The summed E-state index contributed by atoms with van der Waals surface area (Å²) in [5, 5.41) is 0. The molecule has 0 spiro atoms. The van der Waals surface area contributed by atoms with E-state index in [9.17, 15) is 0 Å². The van der Waals surface area contributed by atoms with Crippen molar-refractivity contribution in [1.29, 1.82) is 0 Å². The van der Waals surface area contributed by atoms with Crippen molar-refractivity contribution in [3.05, 3.63) is 177 Å². The van der Waals surface area contributed by atoms with Crippen LogP contribution in [0.4, 0.5) is 0 Å². The standard InChI is InChI=1S/C36H24Br3N3O6P3.3Li/c37-28-16-22-34(23-17-28)46-49(43-31-10-4-1-5-11-31)40-50(44-32-12-6-2-7-13-32,47-35-24-18-29(38)19-25-35)42-51(41-49,45-33-14-8-3-9-15-33)48-36-26-20-30(39)21-27-36;;;/h4-27H;;;/q-3;3*+1. The smallest absolute Gasteiger partial charge is 0.440 e. The molecule has 0 aliphatic carbocycles. The molecule has 6 aromatic rings. The van der Waals surface area contributed by atoms with Crippen molar-refractivity contribution in [2.75, 3.05) is 0 Å². The Morgan fingerprint density at radius 1 is 0.315 bits per heavy atom. The van der Waals surface area contributed by atoms with E-state index in [0.717, 1.165) is 13.4 Å². The minimum absolute atomic E-state index is 0. The molecular weight excluding hydrogens is 924 g/mol. The van der Waals surface area contributed by atoms with Crippen LogP contribution in [0.1, 0.15) is 0 Å². The van der Waals surface area contributed by atoms with Gasteiger partial charge in [-0.25, -0.2) is 0 Å². The van der Waals surface area contributed by atoms with Crippen LogP contribution in [0.25, 0.3) is 0 Å². The number of hydrogen-bond donors (Lipinski definition) is 0. The number of rotatable bonds is 12. The molecule has 0 aromatic heterocycles. The van der Waals surface area contributed by atoms with Crippen LogP contribution in [0, 0.1) is 18.2 Å². The topological polar surface area (TPSA) is 92.5 Å². The van der Waals surface area contributed by atoms with Gasteiger partial charge >= 0.3 is 79.6 Å². The summed E-state index contributed by atoms with van der Waals surface area (Å²) in [5.74, 6) is 2.45. The second kappa shape index (κ2) is 20.5. The fourth-order valence-electron chi connectivity index (χ4n) is 4.36. The predicted molar refractivity (Wildman–Crippen MR) is 210 cm³/mol. The van der Waals surface area contributed by atoms with E-state index < -0.39 is 23.0 Å². The molecule has 0 N–H and O–H groups in total. The van der Waals surface area contributed by atoms with Gasteiger partial charge in [-0.05, 0) is 72.8 Å². The molecule has 0 fully saturated rings. The van der Waals surface area contributed by atoms with Crippen LogP contribution in [-0.2, 0) is 0 Å². The van der Waals surface area contributed by atoms with Crippen molar-refractivity contribution in [2.24, 2.45) is 13.5 Å². The molecule has 258 valence electrons. The van der Waals surface area contributed by atoms with Crippen LogP contribution < -0.4 is 83.7 Å². The average Bonchev–Trinajstić information content (AvgIpc) is 3.12. The number of hydrogen-bond acceptors (Lipinski definition) is 9. The molecule has 54 heavy (non-hydrogen) atoms. The third kappa shape index (κ3) is 12.0. The fraction of sp³-hybridized carbons (Fsp3) is 0. The molecule has 0 saturated carbocycles. The molecule has 6 aromatic carbocycles. The first-order valence-electron chi connectivity index (χ1n) is 15.0. The molecule has 0 atom stereocenters. The average molecular weight is 948 g/mol. The van der Waals surface area contributed by atoms with Gasteiger partial charge in [-0.3, -0.25) is 0 Å². The molecular formula is C36H24Br3Li3N3O6P3. The number of benzene rings is 6. The van der Waals surface area contributed by atoms with Gasteiger partial charge in [0.2, 0.25) is 0 Å². The summed E-state index contributed by atoms with van der Waals surface area (Å²) in [6, 6.07) is 51.5. The third-order valence-electron chi connectivity index (χ3n) is 6.53. The van der Waals surface area contributed by atoms with Gasteiger partial charge in [0, 0.05) is 30.7 Å². The zero-order valence-electron chi connectivity index (χ0n) is 29.1. The van der Waals surface area contributed by atoms with Crippen molar-refractivity contribution in [3.63, 3.8) is 0 Å². The molecule has 1 heterocycles. The van der Waals surface area contributed by atoms with Crippen molar-refractivity contribution < 1.29 is 83.7 Å². The Morgan fingerprint density at radius 2 is 0.500 bits per heavy atom. The quantitative estimate of drug-likeness (QED) is 0.0975. The summed E-state index contributed by atoms with van der Waals surface area (Å²) in [7, 11) is -11.9. The van der Waals surface area contributed by atoms with E-state index in [0.29, 0.717) is 34.5 Å². The Morgan fingerprint density at radius 3 is 0.704 bits per heavy atom. The molecule has 0 saturated heterocycles. The van der Waals surface area contributed by atoms with E-state index in [1.165, 1.54) is 0 Å². The summed E-state index contributed by atoms with van der Waals surface area (Å²) in [5.41, 5.74) is 0. The second-order valence-electron chi connectivity index (χ2n) is 10.4. The zero-order chi connectivity index (χ0) is 35.2. The summed E-state index contributed by atoms with van der Waals surface area (Å²) in [6.45, 7) is 0. The van der Waals surface area contributed by atoms with Gasteiger partial charge in [0.25, 0.3) is 0 Å². The van der Waals surface area contributed by atoms with Crippen LogP contribution in [0.3, 0.4) is 0 Å². The minimum Gasteiger partial charge on any atom is -0.440 e. The minimum atomic E-state index is -3.97. The van der Waals surface area contributed by atoms with Crippen LogP contribution in [0.2, 0.25) is 0 Å². The Balaban J connectivity index is 0.00000217. The first kappa shape index (κ1) is 44.8. The largest absolute Gasteiger partial charge is 1.00 e. The maximum absolute atomic E-state index is 6.77. The zero-order valence-corrected chi connectivity index (χ0v) is 36.6. The Kier molecular flexibility index (Phi) is 17.0. The number of nitrogens with zero attached hydrogens (tertiary/aromatic N) is 3. The van der Waals surface area contributed by atoms with Crippen molar-refractivity contribution in [3.8, 4) is 34.5 Å². The molecule has 0 radical (unpaired) electrons. The Labute approximate surface area is 376 Å². The van der Waals surface area contributed by atoms with Gasteiger partial charge in [-0.15, -0.1) is 36.4 Å². The monoisotopic (exact) mass is 945 g/mol. The normalized spacial score (nSPS) is 19.6. The van der Waals surface area contributed by atoms with Gasteiger partial charge < -0.3 is 27.1 Å². The van der Waals surface area contributed by atoms with Crippen LogP contribution in [0.5, 0.6) is 34.5 Å². The molecule has 18 heteroatoms. The van der Waals surface area contributed by atoms with Crippen LogP contribution in [-0.4, -0.2) is 0 Å². The van der Waals surface area contributed by atoms with E-state index in [-0.39, 0.29) is 56.6 Å². The maximum Gasteiger partial charge on any atom is 1.00 e. The maximum atomic E-state index is 6.77. The van der Waals surface area contributed by atoms with E-state index in [1.54, 1.807) is 109 Å². The third-order valence-corrected chi connectivity index (χ3v) is 16.2. The van der Waals surface area contributed by atoms with E-state index in [4.69, 9.17) is 40.7 Å². The summed E-state index contributed by atoms with van der Waals surface area (Å²) in [4.78, 5) is 0.